The average Bonchev–Trinajstić information content (AvgIpc) is 3.42. The molecule has 5 rings (SSSR count). The Morgan fingerprint density at radius 3 is 1.84 bits per heavy atom. The van der Waals surface area contributed by atoms with Gasteiger partial charge in [0, 0.05) is 19.8 Å². The number of carbonyl (C=O) groups excluding carboxylic acids is 4. The van der Waals surface area contributed by atoms with E-state index in [1.54, 1.807) is 13.8 Å². The fourth-order valence-corrected chi connectivity index (χ4v) is 12.1. The molecule has 0 radical (unpaired) electrons. The Morgan fingerprint density at radius 1 is 0.857 bits per heavy atom. The molecule has 15 heteroatoms. The Labute approximate surface area is 347 Å². The lowest BCUT2D eigenvalue weighted by atomic mass is 9.64. The maximum Gasteiger partial charge on any atom is 0.339 e. The van der Waals surface area contributed by atoms with Crippen LogP contribution in [0, 0.1) is 23.7 Å². The van der Waals surface area contributed by atoms with Gasteiger partial charge in [-0.05, 0) is 88.4 Å². The number of carbonyl (C=O) groups is 4. The molecule has 0 spiro atoms. The number of nitrogens with one attached hydrogen (secondary N) is 2. The molecule has 5 fully saturated rings. The summed E-state index contributed by atoms with van der Waals surface area (Å²) >= 11 is 11.8. The molecule has 5 aliphatic rings. The molecule has 8 atom stereocenters. The lowest BCUT2D eigenvalue weighted by Crippen LogP contribution is -2.80. The van der Waals surface area contributed by atoms with Gasteiger partial charge in [-0.1, -0.05) is 78.9 Å². The molecule has 2 aliphatic carbocycles. The number of ether oxygens (including phenoxy) is 2. The second kappa shape index (κ2) is 17.8. The summed E-state index contributed by atoms with van der Waals surface area (Å²) in [7, 11) is -3.84. The lowest BCUT2D eigenvalue weighted by Gasteiger charge is -2.54. The highest BCUT2D eigenvalue weighted by atomic mass is 35.5. The number of alkyl halides is 2. The highest BCUT2D eigenvalue weighted by molar-refractivity contribution is 6.76. The van der Waals surface area contributed by atoms with Gasteiger partial charge < -0.3 is 34.7 Å². The summed E-state index contributed by atoms with van der Waals surface area (Å²) in [5, 5.41) is 28.6. The van der Waals surface area contributed by atoms with E-state index >= 15 is 0 Å². The number of hydrogen-bond donors (Lipinski definition) is 4. The second-order valence-corrected chi connectivity index (χ2v) is 31.4. The number of esters is 2. The molecule has 2 saturated carbocycles. The van der Waals surface area contributed by atoms with E-state index in [2.05, 4.69) is 64.1 Å². The third kappa shape index (κ3) is 8.80. The van der Waals surface area contributed by atoms with Crippen molar-refractivity contribution in [3.63, 3.8) is 0 Å². The van der Waals surface area contributed by atoms with Crippen molar-refractivity contribution in [3.05, 3.63) is 0 Å². The highest BCUT2D eigenvalue weighted by Crippen LogP contribution is 2.54. The number of fused-ring (bicyclic) bond motifs is 1. The van der Waals surface area contributed by atoms with E-state index < -0.39 is 74.7 Å². The molecule has 0 aromatic carbocycles. The first-order valence-corrected chi connectivity index (χ1v) is 28.8. The van der Waals surface area contributed by atoms with E-state index in [1.807, 2.05) is 0 Å². The molecule has 3 heterocycles. The number of aliphatic hydroxyl groups excluding tert-OH is 1. The molecule has 0 aromatic rings. The van der Waals surface area contributed by atoms with E-state index in [0.29, 0.717) is 12.3 Å². The van der Waals surface area contributed by atoms with Crippen molar-refractivity contribution in [2.75, 3.05) is 18.4 Å². The van der Waals surface area contributed by atoms with Crippen molar-refractivity contribution in [2.45, 2.75) is 190 Å². The van der Waals surface area contributed by atoms with Gasteiger partial charge in [0.1, 0.15) is 5.60 Å². The van der Waals surface area contributed by atoms with Crippen LogP contribution in [0.15, 0.2) is 0 Å². The minimum absolute atomic E-state index is 0.0426. The van der Waals surface area contributed by atoms with Crippen molar-refractivity contribution in [3.8, 4) is 0 Å². The summed E-state index contributed by atoms with van der Waals surface area (Å²) in [5.41, 5.74) is -5.62. The van der Waals surface area contributed by atoms with E-state index in [-0.39, 0.29) is 47.6 Å². The molecule has 0 unspecified atom stereocenters. The molecule has 322 valence electrons. The second-order valence-electron chi connectivity index (χ2n) is 20.3. The van der Waals surface area contributed by atoms with Crippen LogP contribution in [-0.4, -0.2) is 103 Å². The standard InChI is InChI=1S/C26H50ClNO5Si2.C15H22ClNO4/c1-24(2,3)35(8,9)33-21(19-13-11-10-12-14-19)26(23(30)32-17-18-34(5,6)7)25(4,31)20(15-16-27)22(29)28-26;1-14-10(7-8-16)12(19)17-15(14,13(20)21-14)11(18)9-5-3-2-4-6-9/h19-21,31H,10-18H2,1-9H3,(H,28,29);9-11,18H,2-8H2,1H3,(H,17,19)/t20-,21-,25-,26-;10-,11-,14-,15-/m00/s1. The van der Waals surface area contributed by atoms with Crippen molar-refractivity contribution in [1.29, 1.82) is 0 Å². The van der Waals surface area contributed by atoms with Gasteiger partial charge >= 0.3 is 11.9 Å². The molecule has 4 N–H and O–H groups in total. The first kappa shape index (κ1) is 47.5. The Balaban J connectivity index is 0.000000280. The summed E-state index contributed by atoms with van der Waals surface area (Å²) in [5.74, 6) is -2.33. The van der Waals surface area contributed by atoms with Crippen molar-refractivity contribution in [2.24, 2.45) is 23.7 Å². The van der Waals surface area contributed by atoms with Gasteiger partial charge in [-0.2, -0.15) is 0 Å². The predicted octanol–water partition coefficient (Wildman–Crippen LogP) is 7.06. The SMILES string of the molecule is CC(C)(C)[Si](C)(C)O[C@@H](C1CCCCC1)[C@@]1(C(=O)OCC[Si](C)(C)C)NC(=O)[C@H](CCCl)[C@]1(C)O.C[C@@]12OC(=O)[C@]1([C@@H](O)C1CCCCC1)NC(=O)[C@@H]2CCCl. The van der Waals surface area contributed by atoms with Crippen LogP contribution in [0.25, 0.3) is 0 Å². The number of hydrogen-bond acceptors (Lipinski definition) is 9. The molecule has 56 heavy (non-hydrogen) atoms. The first-order chi connectivity index (χ1) is 25.9. The molecule has 3 saturated heterocycles. The van der Waals surface area contributed by atoms with Gasteiger partial charge in [-0.3, -0.25) is 9.59 Å². The number of amides is 2. The normalized spacial score (nSPS) is 33.9. The maximum absolute atomic E-state index is 14.1. The fourth-order valence-electron chi connectivity index (χ4n) is 9.60. The Morgan fingerprint density at radius 2 is 1.36 bits per heavy atom. The predicted molar refractivity (Wildman–Crippen MR) is 225 cm³/mol. The quantitative estimate of drug-likeness (QED) is 0.0815. The Hall–Kier alpha value is -1.23. The van der Waals surface area contributed by atoms with E-state index in [0.717, 1.165) is 63.8 Å². The van der Waals surface area contributed by atoms with Crippen LogP contribution in [0.3, 0.4) is 0 Å². The van der Waals surface area contributed by atoms with Crippen LogP contribution in [-0.2, 0) is 33.1 Å². The molecule has 11 nitrogen and oxygen atoms in total. The van der Waals surface area contributed by atoms with Gasteiger partial charge in [0.2, 0.25) is 17.4 Å². The number of halogens is 2. The van der Waals surface area contributed by atoms with Crippen LogP contribution in [0.4, 0.5) is 0 Å². The third-order valence-corrected chi connectivity index (χ3v) is 20.9. The minimum Gasteiger partial charge on any atom is -0.464 e. The smallest absolute Gasteiger partial charge is 0.339 e. The Kier molecular flexibility index (Phi) is 15.1. The molecule has 2 amide bonds. The van der Waals surface area contributed by atoms with E-state index in [1.165, 1.54) is 6.42 Å². The topological polar surface area (TPSA) is 160 Å². The van der Waals surface area contributed by atoms with Crippen LogP contribution < -0.4 is 10.6 Å². The third-order valence-electron chi connectivity index (χ3n) is 14.3. The largest absolute Gasteiger partial charge is 0.464 e. The lowest BCUT2D eigenvalue weighted by molar-refractivity contribution is -0.240. The van der Waals surface area contributed by atoms with Gasteiger partial charge in [0.05, 0.1) is 30.7 Å². The van der Waals surface area contributed by atoms with Crippen molar-refractivity contribution in [1.82, 2.24) is 10.6 Å². The van der Waals surface area contributed by atoms with Crippen molar-refractivity contribution < 1.29 is 43.3 Å². The summed E-state index contributed by atoms with van der Waals surface area (Å²) in [6.45, 7) is 21.1. The van der Waals surface area contributed by atoms with E-state index in [9.17, 15) is 29.4 Å². The summed E-state index contributed by atoms with van der Waals surface area (Å²) in [6, 6.07) is 0.813. The Bertz CT molecular complexity index is 1430. The van der Waals surface area contributed by atoms with Gasteiger partial charge in [0.25, 0.3) is 0 Å². The van der Waals surface area contributed by atoms with Crippen LogP contribution in [0.2, 0.25) is 43.8 Å². The monoisotopic (exact) mass is 862 g/mol. The number of rotatable bonds is 14. The molecule has 3 aliphatic heterocycles. The summed E-state index contributed by atoms with van der Waals surface area (Å²) in [6.07, 6.45) is 9.27. The molecule has 0 bridgehead atoms. The molecular weight excluding hydrogens is 792 g/mol. The van der Waals surface area contributed by atoms with E-state index in [4.69, 9.17) is 37.1 Å². The van der Waals surface area contributed by atoms with Crippen molar-refractivity contribution >= 4 is 63.3 Å². The fraction of sp³-hybridized carbons (Fsp3) is 0.902. The van der Waals surface area contributed by atoms with Crippen LogP contribution in [0.5, 0.6) is 0 Å². The molecular formula is C41H72Cl2N2O9Si2. The minimum atomic E-state index is -2.39. The van der Waals surface area contributed by atoms with Gasteiger partial charge in [0.15, 0.2) is 19.5 Å². The maximum atomic E-state index is 14.1. The highest BCUT2D eigenvalue weighted by Gasteiger charge is 2.79. The summed E-state index contributed by atoms with van der Waals surface area (Å²) in [4.78, 5) is 51.9. The zero-order valence-electron chi connectivity index (χ0n) is 35.8. The van der Waals surface area contributed by atoms with Gasteiger partial charge in [-0.15, -0.1) is 23.2 Å². The van der Waals surface area contributed by atoms with Crippen LogP contribution in [0.1, 0.15) is 112 Å². The zero-order chi connectivity index (χ0) is 42.1. The zero-order valence-corrected chi connectivity index (χ0v) is 39.3. The first-order valence-electron chi connectivity index (χ1n) is 21.1. The summed E-state index contributed by atoms with van der Waals surface area (Å²) < 4.78 is 18.3. The average molecular weight is 864 g/mol. The number of aliphatic hydroxyl groups is 2. The van der Waals surface area contributed by atoms with Crippen LogP contribution >= 0.6 is 23.2 Å². The molecule has 0 aromatic heterocycles. The van der Waals surface area contributed by atoms with Gasteiger partial charge in [-0.25, -0.2) is 9.59 Å².